The van der Waals surface area contributed by atoms with Crippen molar-refractivity contribution in [1.82, 2.24) is 4.57 Å². The average molecular weight is 392 g/mol. The summed E-state index contributed by atoms with van der Waals surface area (Å²) in [4.78, 5) is 12.8. The Hall–Kier alpha value is -3.21. The molecule has 0 spiro atoms. The molecule has 0 aliphatic rings. The van der Waals surface area contributed by atoms with E-state index < -0.39 is 18.5 Å². The van der Waals surface area contributed by atoms with E-state index in [-0.39, 0.29) is 22.5 Å². The first kappa shape index (κ1) is 21.1. The molecule has 148 valence electrons. The van der Waals surface area contributed by atoms with Gasteiger partial charge in [0.05, 0.1) is 14.2 Å². The lowest BCUT2D eigenvalue weighted by atomic mass is 10.0. The Morgan fingerprint density at radius 3 is 2.43 bits per heavy atom. The number of allylic oxidation sites excluding steroid dienone is 1. The van der Waals surface area contributed by atoms with E-state index in [4.69, 9.17) is 9.47 Å². The van der Waals surface area contributed by atoms with E-state index in [2.05, 4.69) is 0 Å². The fraction of sp³-hybridized carbons (Fsp3) is 0.300. The van der Waals surface area contributed by atoms with E-state index in [1.165, 1.54) is 40.2 Å². The highest BCUT2D eigenvalue weighted by atomic mass is 19.4. The minimum atomic E-state index is -4.42. The number of ether oxygens (including phenoxy) is 2. The minimum absolute atomic E-state index is 0.0574. The molecule has 1 heterocycles. The van der Waals surface area contributed by atoms with E-state index in [1.807, 2.05) is 6.07 Å². The number of benzene rings is 1. The van der Waals surface area contributed by atoms with Gasteiger partial charge in [0.25, 0.3) is 0 Å². The molecule has 0 bridgehead atoms. The molecule has 1 aromatic carbocycles. The van der Waals surface area contributed by atoms with Crippen LogP contribution in [0.15, 0.2) is 29.8 Å². The third-order valence-electron chi connectivity index (χ3n) is 4.26. The minimum Gasteiger partial charge on any atom is -0.497 e. The summed E-state index contributed by atoms with van der Waals surface area (Å²) in [5.41, 5.74) is 0.759. The number of rotatable bonds is 6. The summed E-state index contributed by atoms with van der Waals surface area (Å²) in [7, 11) is 2.93. The third-order valence-corrected chi connectivity index (χ3v) is 4.26. The van der Waals surface area contributed by atoms with Crippen LogP contribution in [0.2, 0.25) is 0 Å². The smallest absolute Gasteiger partial charge is 0.406 e. The molecule has 0 aliphatic heterocycles. The number of nitriles is 1. The van der Waals surface area contributed by atoms with Gasteiger partial charge in [-0.1, -0.05) is 0 Å². The maximum absolute atomic E-state index is 12.8. The lowest BCUT2D eigenvalue weighted by molar-refractivity contribution is -0.141. The first-order valence-corrected chi connectivity index (χ1v) is 8.23. The predicted molar refractivity (Wildman–Crippen MR) is 97.4 cm³/mol. The van der Waals surface area contributed by atoms with E-state index >= 15 is 0 Å². The van der Waals surface area contributed by atoms with Gasteiger partial charge in [-0.25, -0.2) is 0 Å². The van der Waals surface area contributed by atoms with Crippen LogP contribution in [0.3, 0.4) is 0 Å². The van der Waals surface area contributed by atoms with Gasteiger partial charge in [0.1, 0.15) is 29.7 Å². The lowest BCUT2D eigenvalue weighted by Crippen LogP contribution is -2.19. The normalized spacial score (nSPS) is 11.9. The summed E-state index contributed by atoms with van der Waals surface area (Å²) in [6.07, 6.45) is -3.07. The molecule has 0 unspecified atom stereocenters. The summed E-state index contributed by atoms with van der Waals surface area (Å²) >= 11 is 0. The van der Waals surface area contributed by atoms with Gasteiger partial charge in [-0.3, -0.25) is 4.79 Å². The van der Waals surface area contributed by atoms with Crippen molar-refractivity contribution in [2.75, 3.05) is 14.2 Å². The maximum Gasteiger partial charge on any atom is 0.406 e. The molecule has 0 aliphatic carbocycles. The Balaban J connectivity index is 2.47. The Labute approximate surface area is 160 Å². The molecule has 2 aromatic rings. The number of carbonyl (C=O) groups excluding carboxylic acids is 1. The van der Waals surface area contributed by atoms with Crippen molar-refractivity contribution >= 4 is 11.9 Å². The van der Waals surface area contributed by atoms with Crippen molar-refractivity contribution in [1.29, 1.82) is 5.26 Å². The molecule has 28 heavy (non-hydrogen) atoms. The van der Waals surface area contributed by atoms with E-state index in [9.17, 15) is 23.2 Å². The lowest BCUT2D eigenvalue weighted by Gasteiger charge is -2.12. The fourth-order valence-electron chi connectivity index (χ4n) is 2.84. The molecule has 0 radical (unpaired) electrons. The zero-order chi connectivity index (χ0) is 21.1. The van der Waals surface area contributed by atoms with E-state index in [1.54, 1.807) is 18.2 Å². The van der Waals surface area contributed by atoms with Crippen molar-refractivity contribution in [3.05, 3.63) is 52.4 Å². The summed E-state index contributed by atoms with van der Waals surface area (Å²) < 4.78 is 49.7. The summed E-state index contributed by atoms with van der Waals surface area (Å²) in [6.45, 7) is 1.71. The van der Waals surface area contributed by atoms with Gasteiger partial charge in [0.15, 0.2) is 0 Å². The van der Waals surface area contributed by atoms with Crippen LogP contribution >= 0.6 is 0 Å². The topological polar surface area (TPSA) is 64.2 Å². The first-order valence-electron chi connectivity index (χ1n) is 8.23. The largest absolute Gasteiger partial charge is 0.497 e. The molecular formula is C20H19F3N2O3. The number of alkyl halides is 3. The van der Waals surface area contributed by atoms with Crippen LogP contribution in [0, 0.1) is 25.2 Å². The molecule has 0 N–H and O–H groups in total. The molecule has 0 atom stereocenters. The standard InChI is InChI=1S/C20H19F3N2O3/c1-12-7-17(13(2)25(12)11-20(21,22)23)19(26)15(10-24)8-14-5-6-16(27-3)9-18(14)28-4/h5-9H,11H2,1-4H3/b15-8+. The molecule has 2 rings (SSSR count). The Morgan fingerprint density at radius 1 is 1.21 bits per heavy atom. The van der Waals surface area contributed by atoms with Crippen molar-refractivity contribution in [3.63, 3.8) is 0 Å². The van der Waals surface area contributed by atoms with Crippen LogP contribution in [0.25, 0.3) is 6.08 Å². The molecule has 1 aromatic heterocycles. The van der Waals surface area contributed by atoms with Crippen LogP contribution in [0.5, 0.6) is 11.5 Å². The molecule has 5 nitrogen and oxygen atoms in total. The molecule has 0 saturated carbocycles. The number of halogens is 3. The number of aromatic nitrogens is 1. The van der Waals surface area contributed by atoms with Crippen LogP contribution < -0.4 is 9.47 Å². The second-order valence-corrected chi connectivity index (χ2v) is 6.09. The molecule has 0 fully saturated rings. The molecular weight excluding hydrogens is 373 g/mol. The Bertz CT molecular complexity index is 966. The van der Waals surface area contributed by atoms with Crippen molar-refractivity contribution in [2.24, 2.45) is 0 Å². The van der Waals surface area contributed by atoms with Gasteiger partial charge >= 0.3 is 6.18 Å². The van der Waals surface area contributed by atoms with Crippen LogP contribution in [0.4, 0.5) is 13.2 Å². The number of hydrogen-bond acceptors (Lipinski definition) is 4. The number of aryl methyl sites for hydroxylation is 1. The summed E-state index contributed by atoms with van der Waals surface area (Å²) in [5, 5.41) is 9.45. The van der Waals surface area contributed by atoms with E-state index in [0.29, 0.717) is 17.1 Å². The van der Waals surface area contributed by atoms with Gasteiger partial charge in [0, 0.05) is 28.6 Å². The third kappa shape index (κ3) is 4.55. The second kappa shape index (κ2) is 8.21. The number of hydrogen-bond donors (Lipinski definition) is 0. The van der Waals surface area contributed by atoms with Gasteiger partial charge in [0.2, 0.25) is 5.78 Å². The monoisotopic (exact) mass is 392 g/mol. The highest BCUT2D eigenvalue weighted by Gasteiger charge is 2.30. The zero-order valence-electron chi connectivity index (χ0n) is 15.8. The molecule has 0 saturated heterocycles. The van der Waals surface area contributed by atoms with Crippen molar-refractivity contribution in [2.45, 2.75) is 26.6 Å². The molecule has 0 amide bonds. The van der Waals surface area contributed by atoms with Crippen LogP contribution in [-0.2, 0) is 6.54 Å². The fourth-order valence-corrected chi connectivity index (χ4v) is 2.84. The maximum atomic E-state index is 12.8. The van der Waals surface area contributed by atoms with Crippen molar-refractivity contribution in [3.8, 4) is 17.6 Å². The highest BCUT2D eigenvalue weighted by molar-refractivity contribution is 6.15. The number of methoxy groups -OCH3 is 2. The number of nitrogens with zero attached hydrogens (tertiary/aromatic N) is 2. The molecule has 8 heteroatoms. The second-order valence-electron chi connectivity index (χ2n) is 6.09. The SMILES string of the molecule is COc1ccc(/C=C(\C#N)C(=O)c2cc(C)n(CC(F)(F)F)c2C)c(OC)c1. The summed E-state index contributed by atoms with van der Waals surface area (Å²) in [5.74, 6) is 0.277. The van der Waals surface area contributed by atoms with Gasteiger partial charge in [-0.15, -0.1) is 0 Å². The number of ketones is 1. The van der Waals surface area contributed by atoms with Gasteiger partial charge < -0.3 is 14.0 Å². The van der Waals surface area contributed by atoms with Gasteiger partial charge in [-0.2, -0.15) is 18.4 Å². The van der Waals surface area contributed by atoms with Crippen molar-refractivity contribution < 1.29 is 27.4 Å². The predicted octanol–water partition coefficient (Wildman–Crippen LogP) is 4.47. The Morgan fingerprint density at radius 2 is 1.89 bits per heavy atom. The average Bonchev–Trinajstić information content (AvgIpc) is 2.92. The number of carbonyl (C=O) groups is 1. The Kier molecular flexibility index (Phi) is 6.19. The zero-order valence-corrected chi connectivity index (χ0v) is 15.8. The van der Waals surface area contributed by atoms with Gasteiger partial charge in [-0.05, 0) is 38.1 Å². The highest BCUT2D eigenvalue weighted by Crippen LogP contribution is 2.28. The summed E-state index contributed by atoms with van der Waals surface area (Å²) in [6, 6.07) is 8.05. The van der Waals surface area contributed by atoms with E-state index in [0.717, 1.165) is 4.57 Å². The van der Waals surface area contributed by atoms with Crippen LogP contribution in [0.1, 0.15) is 27.3 Å². The first-order chi connectivity index (χ1) is 13.1. The van der Waals surface area contributed by atoms with Crippen LogP contribution in [-0.4, -0.2) is 30.7 Å². The quantitative estimate of drug-likeness (QED) is 0.413. The number of Topliss-reactive ketones (excluding diaryl/α,β-unsaturated/α-hetero) is 1.